The molecule has 0 unspecified atom stereocenters. The molecule has 0 spiro atoms. The van der Waals surface area contributed by atoms with Crippen molar-refractivity contribution < 1.29 is 9.59 Å². The van der Waals surface area contributed by atoms with Crippen LogP contribution in [0.5, 0.6) is 0 Å². The molecule has 1 aliphatic rings. The van der Waals surface area contributed by atoms with Crippen molar-refractivity contribution in [1.82, 2.24) is 25.0 Å². The molecule has 28 heavy (non-hydrogen) atoms. The highest BCUT2D eigenvalue weighted by Gasteiger charge is 2.30. The maximum absolute atomic E-state index is 12.6. The molecule has 1 saturated carbocycles. The maximum atomic E-state index is 12.6. The molecule has 150 valence electrons. The molecule has 0 aliphatic heterocycles. The molecule has 0 radical (unpaired) electrons. The van der Waals surface area contributed by atoms with Crippen LogP contribution in [0.15, 0.2) is 35.3 Å². The van der Waals surface area contributed by atoms with Crippen LogP contribution in [-0.4, -0.2) is 50.3 Å². The van der Waals surface area contributed by atoms with Gasteiger partial charge in [-0.1, -0.05) is 23.9 Å². The van der Waals surface area contributed by atoms with Crippen molar-refractivity contribution in [3.05, 3.63) is 40.9 Å². The fourth-order valence-electron chi connectivity index (χ4n) is 2.77. The van der Waals surface area contributed by atoms with Crippen LogP contribution in [-0.2, 0) is 22.7 Å². The van der Waals surface area contributed by atoms with E-state index in [2.05, 4.69) is 22.1 Å². The Labute approximate surface area is 173 Å². The fourth-order valence-corrected chi connectivity index (χ4v) is 4.28. The van der Waals surface area contributed by atoms with Gasteiger partial charge in [-0.15, -0.1) is 28.1 Å². The molecule has 2 aromatic heterocycles. The molecule has 0 bridgehead atoms. The van der Waals surface area contributed by atoms with Gasteiger partial charge >= 0.3 is 0 Å². The van der Waals surface area contributed by atoms with Crippen LogP contribution in [0.2, 0.25) is 0 Å². The van der Waals surface area contributed by atoms with Gasteiger partial charge in [0.2, 0.25) is 11.8 Å². The minimum absolute atomic E-state index is 0.0634. The van der Waals surface area contributed by atoms with E-state index in [-0.39, 0.29) is 24.1 Å². The summed E-state index contributed by atoms with van der Waals surface area (Å²) in [4.78, 5) is 27.4. The second-order valence-electron chi connectivity index (χ2n) is 6.57. The summed E-state index contributed by atoms with van der Waals surface area (Å²) in [5, 5.41) is 14.1. The van der Waals surface area contributed by atoms with Crippen molar-refractivity contribution in [2.24, 2.45) is 0 Å². The number of rotatable bonds is 11. The number of nitrogens with zero attached hydrogens (tertiary/aromatic N) is 4. The molecule has 2 aromatic rings. The first-order valence-electron chi connectivity index (χ1n) is 9.36. The van der Waals surface area contributed by atoms with Crippen LogP contribution in [0.4, 0.5) is 0 Å². The predicted octanol–water partition coefficient (Wildman–Crippen LogP) is 2.66. The molecular weight excluding hydrogens is 394 g/mol. The van der Waals surface area contributed by atoms with E-state index in [4.69, 9.17) is 0 Å². The summed E-state index contributed by atoms with van der Waals surface area (Å²) in [6, 6.07) is 3.92. The summed E-state index contributed by atoms with van der Waals surface area (Å²) in [7, 11) is 0. The van der Waals surface area contributed by atoms with E-state index in [1.54, 1.807) is 16.2 Å². The number of hydrogen-bond donors (Lipinski definition) is 1. The van der Waals surface area contributed by atoms with Crippen molar-refractivity contribution in [3.63, 3.8) is 0 Å². The number of carbonyl (C=O) groups is 2. The van der Waals surface area contributed by atoms with Gasteiger partial charge in [0, 0.05) is 23.9 Å². The van der Waals surface area contributed by atoms with Crippen molar-refractivity contribution in [1.29, 1.82) is 0 Å². The molecule has 7 nitrogen and oxygen atoms in total. The summed E-state index contributed by atoms with van der Waals surface area (Å²) in [6.45, 7) is 7.35. The Hall–Kier alpha value is -2.13. The lowest BCUT2D eigenvalue weighted by molar-refractivity contribution is -0.133. The second-order valence-corrected chi connectivity index (χ2v) is 8.54. The number of aromatic nitrogens is 3. The lowest BCUT2D eigenvalue weighted by atomic mass is 10.4. The first kappa shape index (κ1) is 20.6. The van der Waals surface area contributed by atoms with E-state index >= 15 is 0 Å². The summed E-state index contributed by atoms with van der Waals surface area (Å²) in [5.74, 6) is 1.46. The number of amides is 2. The minimum Gasteiger partial charge on any atom is -0.350 e. The highest BCUT2D eigenvalue weighted by molar-refractivity contribution is 7.99. The number of hydrogen-bond acceptors (Lipinski definition) is 6. The second kappa shape index (κ2) is 9.88. The van der Waals surface area contributed by atoms with Crippen LogP contribution in [0.1, 0.15) is 36.4 Å². The predicted molar refractivity (Wildman–Crippen MR) is 111 cm³/mol. The summed E-state index contributed by atoms with van der Waals surface area (Å²) in [6.07, 6.45) is 4.10. The van der Waals surface area contributed by atoms with Gasteiger partial charge in [0.25, 0.3) is 0 Å². The molecule has 1 N–H and O–H groups in total. The third-order valence-electron chi connectivity index (χ3n) is 4.43. The Morgan fingerprint density at radius 2 is 2.29 bits per heavy atom. The van der Waals surface area contributed by atoms with Gasteiger partial charge in [0.1, 0.15) is 5.82 Å². The van der Waals surface area contributed by atoms with Gasteiger partial charge in [-0.05, 0) is 31.2 Å². The highest BCUT2D eigenvalue weighted by atomic mass is 32.2. The molecule has 0 atom stereocenters. The van der Waals surface area contributed by atoms with E-state index in [0.717, 1.165) is 28.7 Å². The SMILES string of the molecule is C=CCn1c(SCC(=O)N(CC)CC(=O)NCc2cccs2)nnc1C1CC1. The number of thioether (sulfide) groups is 1. The van der Waals surface area contributed by atoms with Gasteiger partial charge < -0.3 is 14.8 Å². The van der Waals surface area contributed by atoms with Gasteiger partial charge in [0.05, 0.1) is 18.8 Å². The van der Waals surface area contributed by atoms with E-state index in [9.17, 15) is 9.59 Å². The van der Waals surface area contributed by atoms with E-state index in [0.29, 0.717) is 25.6 Å². The van der Waals surface area contributed by atoms with Crippen LogP contribution in [0.3, 0.4) is 0 Å². The first-order chi connectivity index (χ1) is 13.6. The summed E-state index contributed by atoms with van der Waals surface area (Å²) >= 11 is 2.96. The smallest absolute Gasteiger partial charge is 0.239 e. The van der Waals surface area contributed by atoms with E-state index < -0.39 is 0 Å². The average molecular weight is 420 g/mol. The van der Waals surface area contributed by atoms with Crippen molar-refractivity contribution in [3.8, 4) is 0 Å². The number of likely N-dealkylation sites (N-methyl/N-ethyl adjacent to an activating group) is 1. The summed E-state index contributed by atoms with van der Waals surface area (Å²) < 4.78 is 2.03. The number of nitrogens with one attached hydrogen (secondary N) is 1. The zero-order chi connectivity index (χ0) is 19.9. The third kappa shape index (κ3) is 5.45. The molecule has 0 saturated heterocycles. The maximum Gasteiger partial charge on any atom is 0.239 e. The summed E-state index contributed by atoms with van der Waals surface area (Å²) in [5.41, 5.74) is 0. The third-order valence-corrected chi connectivity index (χ3v) is 6.26. The van der Waals surface area contributed by atoms with Crippen molar-refractivity contribution in [2.45, 2.75) is 43.9 Å². The molecule has 1 fully saturated rings. The minimum atomic E-state index is -0.153. The zero-order valence-corrected chi connectivity index (χ0v) is 17.6. The van der Waals surface area contributed by atoms with E-state index in [1.165, 1.54) is 11.8 Å². The number of allylic oxidation sites excluding steroid dienone is 1. The quantitative estimate of drug-likeness (QED) is 0.447. The van der Waals surface area contributed by atoms with Crippen LogP contribution in [0, 0.1) is 0 Å². The van der Waals surface area contributed by atoms with Crippen LogP contribution in [0.25, 0.3) is 0 Å². The van der Waals surface area contributed by atoms with E-state index in [1.807, 2.05) is 35.1 Å². The van der Waals surface area contributed by atoms with Crippen molar-refractivity contribution in [2.75, 3.05) is 18.8 Å². The molecular formula is C19H25N5O2S2. The Morgan fingerprint density at radius 3 is 2.93 bits per heavy atom. The molecule has 2 heterocycles. The number of carbonyl (C=O) groups excluding carboxylic acids is 2. The lowest BCUT2D eigenvalue weighted by Gasteiger charge is -2.20. The molecule has 2 amide bonds. The number of thiophene rings is 1. The molecule has 3 rings (SSSR count). The average Bonchev–Trinajstić information content (AvgIpc) is 3.25. The topological polar surface area (TPSA) is 80.1 Å². The van der Waals surface area contributed by atoms with Gasteiger partial charge in [-0.3, -0.25) is 9.59 Å². The van der Waals surface area contributed by atoms with Crippen LogP contribution >= 0.6 is 23.1 Å². The van der Waals surface area contributed by atoms with Gasteiger partial charge in [0.15, 0.2) is 5.16 Å². The molecule has 0 aromatic carbocycles. The Balaban J connectivity index is 1.51. The monoisotopic (exact) mass is 419 g/mol. The Kier molecular flexibility index (Phi) is 7.27. The van der Waals surface area contributed by atoms with Gasteiger partial charge in [-0.2, -0.15) is 0 Å². The largest absolute Gasteiger partial charge is 0.350 e. The zero-order valence-electron chi connectivity index (χ0n) is 16.0. The normalized spacial score (nSPS) is 13.3. The standard InChI is InChI=1S/C19H25N5O2S2/c1-3-9-24-18(14-7-8-14)21-22-19(24)28-13-17(26)23(4-2)12-16(25)20-11-15-6-5-10-27-15/h3,5-6,10,14H,1,4,7-9,11-13H2,2H3,(H,20,25). The lowest BCUT2D eigenvalue weighted by Crippen LogP contribution is -2.41. The fraction of sp³-hybridized carbons (Fsp3) is 0.474. The molecule has 9 heteroatoms. The molecule has 1 aliphatic carbocycles. The Bertz CT molecular complexity index is 814. The van der Waals surface area contributed by atoms with Crippen molar-refractivity contribution >= 4 is 34.9 Å². The Morgan fingerprint density at radius 1 is 1.46 bits per heavy atom. The first-order valence-corrected chi connectivity index (χ1v) is 11.2. The van der Waals surface area contributed by atoms with Crippen LogP contribution < -0.4 is 5.32 Å². The highest BCUT2D eigenvalue weighted by Crippen LogP contribution is 2.40. The van der Waals surface area contributed by atoms with Gasteiger partial charge in [-0.25, -0.2) is 0 Å².